The summed E-state index contributed by atoms with van der Waals surface area (Å²) in [6, 6.07) is 6.37. The monoisotopic (exact) mass is 363 g/mol. The fourth-order valence-electron chi connectivity index (χ4n) is 2.38. The highest BCUT2D eigenvalue weighted by Gasteiger charge is 2.18. The topological polar surface area (TPSA) is 43.7 Å². The van der Waals surface area contributed by atoms with Gasteiger partial charge < -0.3 is 10.2 Å². The predicted octanol–water partition coefficient (Wildman–Crippen LogP) is 3.71. The van der Waals surface area contributed by atoms with Crippen LogP contribution in [-0.4, -0.2) is 33.4 Å². The van der Waals surface area contributed by atoms with Crippen LogP contribution in [-0.2, 0) is 13.1 Å². The van der Waals surface area contributed by atoms with Crippen LogP contribution >= 0.6 is 22.7 Å². The number of thiophene rings is 2. The molecule has 1 atom stereocenters. The van der Waals surface area contributed by atoms with Crippen LogP contribution in [0.15, 0.2) is 29.0 Å². The summed E-state index contributed by atoms with van der Waals surface area (Å²) in [7, 11) is 0. The van der Waals surface area contributed by atoms with E-state index in [2.05, 4.69) is 46.6 Å². The molecule has 2 rings (SSSR count). The Labute approximate surface area is 152 Å². The minimum absolute atomic E-state index is 0.151. The molecule has 0 saturated heterocycles. The molecule has 0 fully saturated rings. The summed E-state index contributed by atoms with van der Waals surface area (Å²) in [6.07, 6.45) is 0.914. The second kappa shape index (κ2) is 8.80. The molecule has 2 heterocycles. The van der Waals surface area contributed by atoms with E-state index in [1.54, 1.807) is 36.5 Å². The standard InChI is InChI=1S/C19H25NO2S2/c1-4-16(13-21)20(11-15-8-10-23-14-15)12-18-6-5-17(24-18)7-9-19(2,3)22/h5-6,8,10,14,16,21-22H,4,11-13H2,1-3H3/t16-/m1/s1. The summed E-state index contributed by atoms with van der Waals surface area (Å²) in [5.41, 5.74) is 0.310. The average molecular weight is 364 g/mol. The van der Waals surface area contributed by atoms with Gasteiger partial charge in [0.1, 0.15) is 5.60 Å². The van der Waals surface area contributed by atoms with Crippen molar-refractivity contribution in [2.75, 3.05) is 6.61 Å². The van der Waals surface area contributed by atoms with Crippen molar-refractivity contribution in [3.63, 3.8) is 0 Å². The van der Waals surface area contributed by atoms with Gasteiger partial charge in [0, 0.05) is 24.0 Å². The fourth-order valence-corrected chi connectivity index (χ4v) is 3.93. The molecule has 0 amide bonds. The molecule has 0 aliphatic rings. The van der Waals surface area contributed by atoms with Crippen LogP contribution in [0.1, 0.15) is 42.5 Å². The van der Waals surface area contributed by atoms with Crippen LogP contribution in [0, 0.1) is 11.8 Å². The van der Waals surface area contributed by atoms with E-state index in [9.17, 15) is 10.2 Å². The van der Waals surface area contributed by atoms with Crippen molar-refractivity contribution in [2.45, 2.75) is 51.9 Å². The number of hydrogen-bond acceptors (Lipinski definition) is 5. The van der Waals surface area contributed by atoms with E-state index in [1.165, 1.54) is 10.4 Å². The second-order valence-electron chi connectivity index (χ2n) is 6.36. The van der Waals surface area contributed by atoms with Crippen LogP contribution in [0.5, 0.6) is 0 Å². The smallest absolute Gasteiger partial charge is 0.120 e. The summed E-state index contributed by atoms with van der Waals surface area (Å²) in [4.78, 5) is 4.50. The summed E-state index contributed by atoms with van der Waals surface area (Å²) in [6.45, 7) is 7.27. The number of aliphatic hydroxyl groups is 2. The van der Waals surface area contributed by atoms with Crippen LogP contribution in [0.3, 0.4) is 0 Å². The Bertz CT molecular complexity index is 670. The molecular weight excluding hydrogens is 338 g/mol. The van der Waals surface area contributed by atoms with E-state index in [1.807, 2.05) is 6.07 Å². The maximum atomic E-state index is 9.71. The van der Waals surface area contributed by atoms with Crippen LogP contribution in [0.2, 0.25) is 0 Å². The molecule has 2 N–H and O–H groups in total. The quantitative estimate of drug-likeness (QED) is 0.737. The molecule has 0 aromatic carbocycles. The first-order chi connectivity index (χ1) is 11.4. The molecule has 0 bridgehead atoms. The highest BCUT2D eigenvalue weighted by Crippen LogP contribution is 2.22. The van der Waals surface area contributed by atoms with Gasteiger partial charge in [0.2, 0.25) is 0 Å². The Morgan fingerprint density at radius 2 is 2.04 bits per heavy atom. The second-order valence-corrected chi connectivity index (χ2v) is 8.30. The van der Waals surface area contributed by atoms with Crippen molar-refractivity contribution in [1.82, 2.24) is 4.90 Å². The molecule has 3 nitrogen and oxygen atoms in total. The van der Waals surface area contributed by atoms with Gasteiger partial charge in [0.25, 0.3) is 0 Å². The average Bonchev–Trinajstić information content (AvgIpc) is 3.17. The number of aliphatic hydroxyl groups excluding tert-OH is 1. The van der Waals surface area contributed by atoms with Gasteiger partial charge >= 0.3 is 0 Å². The van der Waals surface area contributed by atoms with Crippen LogP contribution in [0.25, 0.3) is 0 Å². The summed E-state index contributed by atoms with van der Waals surface area (Å²) in [5.74, 6) is 5.88. The predicted molar refractivity (Wildman–Crippen MR) is 102 cm³/mol. The van der Waals surface area contributed by atoms with Crippen LogP contribution < -0.4 is 0 Å². The highest BCUT2D eigenvalue weighted by molar-refractivity contribution is 7.12. The lowest BCUT2D eigenvalue weighted by Crippen LogP contribution is -2.36. The molecule has 0 unspecified atom stereocenters. The lowest BCUT2D eigenvalue weighted by Gasteiger charge is -2.29. The van der Waals surface area contributed by atoms with Crippen molar-refractivity contribution in [3.8, 4) is 11.8 Å². The van der Waals surface area contributed by atoms with Gasteiger partial charge in [-0.2, -0.15) is 11.3 Å². The molecule has 0 aliphatic carbocycles. The molecule has 0 radical (unpaired) electrons. The largest absolute Gasteiger partial charge is 0.395 e. The SMILES string of the molecule is CC[C@H](CO)N(Cc1ccsc1)Cc1ccc(C#CC(C)(C)O)s1. The maximum Gasteiger partial charge on any atom is 0.120 e. The van der Waals surface area contributed by atoms with Crippen LogP contribution in [0.4, 0.5) is 0 Å². The molecule has 2 aromatic heterocycles. The van der Waals surface area contributed by atoms with Crippen molar-refractivity contribution < 1.29 is 10.2 Å². The Morgan fingerprint density at radius 1 is 1.25 bits per heavy atom. The molecule has 24 heavy (non-hydrogen) atoms. The van der Waals surface area contributed by atoms with Crippen molar-refractivity contribution in [1.29, 1.82) is 0 Å². The molecule has 0 saturated carbocycles. The normalized spacial score (nSPS) is 12.9. The summed E-state index contributed by atoms with van der Waals surface area (Å²) >= 11 is 3.35. The first-order valence-electron chi connectivity index (χ1n) is 8.11. The molecule has 0 spiro atoms. The first-order valence-corrected chi connectivity index (χ1v) is 9.87. The zero-order valence-corrected chi connectivity index (χ0v) is 16.1. The van der Waals surface area contributed by atoms with Gasteiger partial charge in [-0.1, -0.05) is 18.8 Å². The Hall–Kier alpha value is -1.16. The van der Waals surface area contributed by atoms with E-state index in [-0.39, 0.29) is 12.6 Å². The van der Waals surface area contributed by atoms with Gasteiger partial charge in [0.05, 0.1) is 11.5 Å². The third-order valence-electron chi connectivity index (χ3n) is 3.68. The van der Waals surface area contributed by atoms with E-state index in [0.29, 0.717) is 0 Å². The fraction of sp³-hybridized carbons (Fsp3) is 0.474. The summed E-state index contributed by atoms with van der Waals surface area (Å²) in [5, 5.41) is 23.6. The van der Waals surface area contributed by atoms with E-state index < -0.39 is 5.60 Å². The van der Waals surface area contributed by atoms with Crippen molar-refractivity contribution in [3.05, 3.63) is 44.3 Å². The van der Waals surface area contributed by atoms with Gasteiger partial charge in [-0.3, -0.25) is 4.90 Å². The molecule has 130 valence electrons. The summed E-state index contributed by atoms with van der Waals surface area (Å²) < 4.78 is 0. The maximum absolute atomic E-state index is 9.71. The number of rotatable bonds is 7. The lowest BCUT2D eigenvalue weighted by molar-refractivity contribution is 0.108. The molecule has 5 heteroatoms. The Balaban J connectivity index is 2.11. The third-order valence-corrected chi connectivity index (χ3v) is 5.39. The van der Waals surface area contributed by atoms with E-state index in [4.69, 9.17) is 0 Å². The van der Waals surface area contributed by atoms with E-state index in [0.717, 1.165) is 24.4 Å². The zero-order chi connectivity index (χ0) is 17.6. The minimum atomic E-state index is -0.973. The Morgan fingerprint density at radius 3 is 2.62 bits per heavy atom. The molecule has 0 aliphatic heterocycles. The first kappa shape index (κ1) is 19.2. The number of nitrogens with zero attached hydrogens (tertiary/aromatic N) is 1. The Kier molecular flexibility index (Phi) is 7.02. The lowest BCUT2D eigenvalue weighted by atomic mass is 10.1. The van der Waals surface area contributed by atoms with E-state index >= 15 is 0 Å². The third kappa shape index (κ3) is 6.04. The number of hydrogen-bond donors (Lipinski definition) is 2. The van der Waals surface area contributed by atoms with Gasteiger partial charge in [0.15, 0.2) is 0 Å². The van der Waals surface area contributed by atoms with Crippen molar-refractivity contribution >= 4 is 22.7 Å². The van der Waals surface area contributed by atoms with Gasteiger partial charge in [-0.25, -0.2) is 0 Å². The molecular formula is C19H25NO2S2. The highest BCUT2D eigenvalue weighted by atomic mass is 32.1. The van der Waals surface area contributed by atoms with Gasteiger partial charge in [-0.05, 0) is 54.8 Å². The van der Waals surface area contributed by atoms with Crippen molar-refractivity contribution in [2.24, 2.45) is 0 Å². The molecule has 2 aromatic rings. The zero-order valence-electron chi connectivity index (χ0n) is 14.5. The minimum Gasteiger partial charge on any atom is -0.395 e. The van der Waals surface area contributed by atoms with Gasteiger partial charge in [-0.15, -0.1) is 11.3 Å².